The van der Waals surface area contributed by atoms with Gasteiger partial charge >= 0.3 is 0 Å². The molecule has 0 spiro atoms. The second-order valence-electron chi connectivity index (χ2n) is 9.29. The normalized spacial score (nSPS) is 19.1. The van der Waals surface area contributed by atoms with Gasteiger partial charge in [0, 0.05) is 50.5 Å². The van der Waals surface area contributed by atoms with Crippen LogP contribution in [0.1, 0.15) is 49.7 Å². The monoisotopic (exact) mass is 478 g/mol. The fraction of sp³-hybridized carbons (Fsp3) is 0.560. The maximum atomic E-state index is 13.4. The fourth-order valence-electron chi connectivity index (χ4n) is 4.98. The maximum Gasteiger partial charge on any atom is 0.248 e. The highest BCUT2D eigenvalue weighted by atomic mass is 35.5. The van der Waals surface area contributed by atoms with E-state index < -0.39 is 5.92 Å². The summed E-state index contributed by atoms with van der Waals surface area (Å²) in [4.78, 5) is 16.9. The average Bonchev–Trinajstić information content (AvgIpc) is 2.80. The van der Waals surface area contributed by atoms with Gasteiger partial charge in [-0.2, -0.15) is 0 Å². The number of carbonyl (C=O) groups excluding carboxylic acids is 1. The lowest BCUT2D eigenvalue weighted by Crippen LogP contribution is -2.48. The van der Waals surface area contributed by atoms with Crippen LogP contribution in [0.2, 0.25) is 0 Å². The molecule has 1 aliphatic heterocycles. The predicted molar refractivity (Wildman–Crippen MR) is 129 cm³/mol. The van der Waals surface area contributed by atoms with Gasteiger partial charge in [0.25, 0.3) is 0 Å². The van der Waals surface area contributed by atoms with Crippen LogP contribution in [0.15, 0.2) is 30.3 Å². The number of rotatable bonds is 4. The summed E-state index contributed by atoms with van der Waals surface area (Å²) in [6.45, 7) is 5.77. The first-order valence-corrected chi connectivity index (χ1v) is 11.6. The standard InChI is InChI=1S/C25H32F2N4O.ClH/c1-17-18(2)23(29-28-22(17)19-7-5-4-6-8-19)31-15-11-21(12-16-31)30(3)24(32)20-9-13-25(26,27)14-10-20;/h4-8,20-21H,9-16H2,1-3H3;1H. The third-order valence-electron chi connectivity index (χ3n) is 7.27. The Bertz CT molecular complexity index is 954. The quantitative estimate of drug-likeness (QED) is 0.587. The Morgan fingerprint density at radius 1 is 1.00 bits per heavy atom. The van der Waals surface area contributed by atoms with Gasteiger partial charge in [0.05, 0.1) is 5.69 Å². The summed E-state index contributed by atoms with van der Waals surface area (Å²) in [5.41, 5.74) is 4.23. The van der Waals surface area contributed by atoms with E-state index in [-0.39, 0.29) is 56.0 Å². The lowest BCUT2D eigenvalue weighted by molar-refractivity contribution is -0.140. The summed E-state index contributed by atoms with van der Waals surface area (Å²) < 4.78 is 26.9. The van der Waals surface area contributed by atoms with E-state index >= 15 is 0 Å². The van der Waals surface area contributed by atoms with E-state index in [0.717, 1.165) is 54.1 Å². The molecular formula is C25H33ClF2N4O. The van der Waals surface area contributed by atoms with Gasteiger partial charge in [0.1, 0.15) is 0 Å². The molecule has 1 aromatic heterocycles. The van der Waals surface area contributed by atoms with Crippen LogP contribution in [-0.2, 0) is 4.79 Å². The van der Waals surface area contributed by atoms with Gasteiger partial charge in [0.15, 0.2) is 5.82 Å². The first kappa shape index (κ1) is 25.3. The molecule has 8 heteroatoms. The first-order chi connectivity index (χ1) is 15.3. The van der Waals surface area contributed by atoms with Gasteiger partial charge in [-0.15, -0.1) is 22.6 Å². The average molecular weight is 479 g/mol. The molecule has 2 aromatic rings. The molecule has 0 radical (unpaired) electrons. The molecule has 2 heterocycles. The van der Waals surface area contributed by atoms with Crippen LogP contribution in [-0.4, -0.2) is 53.1 Å². The van der Waals surface area contributed by atoms with Crippen molar-refractivity contribution in [2.24, 2.45) is 5.92 Å². The predicted octanol–water partition coefficient (Wildman–Crippen LogP) is 5.43. The third kappa shape index (κ3) is 5.45. The summed E-state index contributed by atoms with van der Waals surface area (Å²) >= 11 is 0. The van der Waals surface area contributed by atoms with E-state index in [1.165, 1.54) is 0 Å². The molecule has 0 N–H and O–H groups in total. The molecule has 0 atom stereocenters. The fourth-order valence-corrected chi connectivity index (χ4v) is 4.98. The zero-order chi connectivity index (χ0) is 22.9. The van der Waals surface area contributed by atoms with E-state index in [2.05, 4.69) is 28.9 Å². The smallest absolute Gasteiger partial charge is 0.248 e. The molecule has 2 aliphatic rings. The molecule has 0 unspecified atom stereocenters. The van der Waals surface area contributed by atoms with E-state index in [9.17, 15) is 13.6 Å². The van der Waals surface area contributed by atoms with Crippen molar-refractivity contribution in [1.29, 1.82) is 0 Å². The van der Waals surface area contributed by atoms with Crippen LogP contribution in [0.25, 0.3) is 11.3 Å². The van der Waals surface area contributed by atoms with E-state index in [1.807, 2.05) is 42.3 Å². The molecule has 0 bridgehead atoms. The number of hydrogen-bond acceptors (Lipinski definition) is 4. The molecule has 33 heavy (non-hydrogen) atoms. The van der Waals surface area contributed by atoms with Gasteiger partial charge in [0.2, 0.25) is 11.8 Å². The Labute approximate surface area is 201 Å². The van der Waals surface area contributed by atoms with Gasteiger partial charge in [-0.1, -0.05) is 30.3 Å². The largest absolute Gasteiger partial charge is 0.355 e. The number of aromatic nitrogens is 2. The highest BCUT2D eigenvalue weighted by Gasteiger charge is 2.39. The highest BCUT2D eigenvalue weighted by molar-refractivity contribution is 5.85. The molecule has 2 fully saturated rings. The molecule has 180 valence electrons. The Morgan fingerprint density at radius 2 is 1.61 bits per heavy atom. The highest BCUT2D eigenvalue weighted by Crippen LogP contribution is 2.37. The van der Waals surface area contributed by atoms with Crippen LogP contribution < -0.4 is 4.90 Å². The summed E-state index contributed by atoms with van der Waals surface area (Å²) in [6, 6.07) is 10.2. The number of hydrogen-bond donors (Lipinski definition) is 0. The van der Waals surface area contributed by atoms with Crippen molar-refractivity contribution < 1.29 is 13.6 Å². The van der Waals surface area contributed by atoms with Gasteiger partial charge in [-0.3, -0.25) is 4.79 Å². The molecule has 1 aromatic carbocycles. The number of anilines is 1. The molecule has 1 saturated carbocycles. The second kappa shape index (κ2) is 10.3. The number of carbonyl (C=O) groups is 1. The minimum absolute atomic E-state index is 0. The zero-order valence-electron chi connectivity index (χ0n) is 19.6. The SMILES string of the molecule is Cc1c(-c2ccccc2)nnc(N2CCC(N(C)C(=O)C3CCC(F)(F)CC3)CC2)c1C.Cl. The summed E-state index contributed by atoms with van der Waals surface area (Å²) in [5.74, 6) is -1.94. The minimum atomic E-state index is -2.60. The number of benzene rings is 1. The van der Waals surface area contributed by atoms with Gasteiger partial charge < -0.3 is 9.80 Å². The zero-order valence-corrected chi connectivity index (χ0v) is 20.4. The molecule has 4 rings (SSSR count). The Balaban J connectivity index is 0.00000306. The summed E-state index contributed by atoms with van der Waals surface area (Å²) in [7, 11) is 1.83. The Hall–Kier alpha value is -2.28. The van der Waals surface area contributed by atoms with Gasteiger partial charge in [-0.25, -0.2) is 8.78 Å². The van der Waals surface area contributed by atoms with Crippen LogP contribution in [0.3, 0.4) is 0 Å². The van der Waals surface area contributed by atoms with E-state index in [4.69, 9.17) is 0 Å². The topological polar surface area (TPSA) is 49.3 Å². The first-order valence-electron chi connectivity index (χ1n) is 11.6. The van der Waals surface area contributed by atoms with Crippen LogP contribution >= 0.6 is 12.4 Å². The van der Waals surface area contributed by atoms with Crippen LogP contribution in [0.4, 0.5) is 14.6 Å². The van der Waals surface area contributed by atoms with Crippen LogP contribution in [0.5, 0.6) is 0 Å². The lowest BCUT2D eigenvalue weighted by atomic mass is 9.85. The van der Waals surface area contributed by atoms with Crippen molar-refractivity contribution >= 4 is 24.1 Å². The number of amides is 1. The van der Waals surface area contributed by atoms with Crippen molar-refractivity contribution in [2.45, 2.75) is 64.3 Å². The Kier molecular flexibility index (Phi) is 7.93. The van der Waals surface area contributed by atoms with Crippen molar-refractivity contribution in [3.05, 3.63) is 41.5 Å². The number of nitrogens with zero attached hydrogens (tertiary/aromatic N) is 4. The number of alkyl halides is 2. The van der Waals surface area contributed by atoms with Gasteiger partial charge in [-0.05, 0) is 50.7 Å². The summed E-state index contributed by atoms with van der Waals surface area (Å²) in [6.07, 6.45) is 1.91. The molecule has 5 nitrogen and oxygen atoms in total. The lowest BCUT2D eigenvalue weighted by Gasteiger charge is -2.39. The molecule has 1 amide bonds. The van der Waals surface area contributed by atoms with E-state index in [1.54, 1.807) is 0 Å². The number of piperidine rings is 1. The van der Waals surface area contributed by atoms with Crippen molar-refractivity contribution in [3.63, 3.8) is 0 Å². The van der Waals surface area contributed by atoms with Crippen molar-refractivity contribution in [1.82, 2.24) is 15.1 Å². The molecule has 1 saturated heterocycles. The molecule has 1 aliphatic carbocycles. The Morgan fingerprint density at radius 3 is 2.21 bits per heavy atom. The maximum absolute atomic E-state index is 13.4. The van der Waals surface area contributed by atoms with E-state index in [0.29, 0.717) is 0 Å². The van der Waals surface area contributed by atoms with Crippen molar-refractivity contribution in [2.75, 3.05) is 25.0 Å². The van der Waals surface area contributed by atoms with Crippen molar-refractivity contribution in [3.8, 4) is 11.3 Å². The minimum Gasteiger partial charge on any atom is -0.355 e. The second-order valence-corrected chi connectivity index (χ2v) is 9.29. The third-order valence-corrected chi connectivity index (χ3v) is 7.27. The molecular weight excluding hydrogens is 446 g/mol. The number of halogens is 3. The summed E-state index contributed by atoms with van der Waals surface area (Å²) in [5, 5.41) is 9.08. The van der Waals surface area contributed by atoms with Crippen LogP contribution in [0, 0.1) is 19.8 Å².